The number of amides is 1. The lowest BCUT2D eigenvalue weighted by Gasteiger charge is -2.27. The molecule has 6 heteroatoms. The van der Waals surface area contributed by atoms with Crippen molar-refractivity contribution in [1.82, 2.24) is 14.5 Å². The number of fused-ring (bicyclic) bond motifs is 2. The summed E-state index contributed by atoms with van der Waals surface area (Å²) in [5.41, 5.74) is 3.64. The van der Waals surface area contributed by atoms with Crippen LogP contribution in [-0.4, -0.2) is 45.6 Å². The molecule has 2 aromatic carbocycles. The zero-order chi connectivity index (χ0) is 22.8. The van der Waals surface area contributed by atoms with Crippen LogP contribution in [0, 0.1) is 0 Å². The maximum atomic E-state index is 13.3. The lowest BCUT2D eigenvalue weighted by molar-refractivity contribution is -0.128. The number of rotatable bonds is 7. The van der Waals surface area contributed by atoms with E-state index in [2.05, 4.69) is 33.0 Å². The molecule has 1 aliphatic carbocycles. The molecule has 1 aromatic heterocycles. The van der Waals surface area contributed by atoms with Gasteiger partial charge in [0.25, 0.3) is 5.91 Å². The smallest absolute Gasteiger partial charge is 0.270 e. The van der Waals surface area contributed by atoms with Gasteiger partial charge in [-0.3, -0.25) is 10.1 Å². The molecule has 1 N–H and O–H groups in total. The normalized spacial score (nSPS) is 16.7. The van der Waals surface area contributed by atoms with Crippen LogP contribution < -0.4 is 10.1 Å². The fourth-order valence-electron chi connectivity index (χ4n) is 5.03. The van der Waals surface area contributed by atoms with Crippen LogP contribution in [0.2, 0.25) is 0 Å². The molecule has 1 aliphatic heterocycles. The summed E-state index contributed by atoms with van der Waals surface area (Å²) in [5, 5.41) is 3.07. The van der Waals surface area contributed by atoms with Crippen molar-refractivity contribution < 1.29 is 9.53 Å². The third-order valence-corrected chi connectivity index (χ3v) is 6.96. The number of carbonyl (C=O) groups excluding carboxylic acids is 1. The molecular formula is C27H34N4O2. The fourth-order valence-corrected chi connectivity index (χ4v) is 5.03. The number of anilines is 1. The lowest BCUT2D eigenvalue weighted by Crippen LogP contribution is -2.43. The molecule has 1 saturated heterocycles. The molecule has 2 heterocycles. The second-order valence-corrected chi connectivity index (χ2v) is 9.83. The van der Waals surface area contributed by atoms with E-state index in [1.54, 1.807) is 0 Å². The number of piperidine rings is 1. The van der Waals surface area contributed by atoms with Gasteiger partial charge in [-0.15, -0.1) is 0 Å². The van der Waals surface area contributed by atoms with E-state index in [1.165, 1.54) is 36.8 Å². The van der Waals surface area contributed by atoms with Crippen molar-refractivity contribution in [1.29, 1.82) is 0 Å². The van der Waals surface area contributed by atoms with Crippen LogP contribution in [0.1, 0.15) is 50.7 Å². The summed E-state index contributed by atoms with van der Waals surface area (Å²) in [4.78, 5) is 20.6. The summed E-state index contributed by atoms with van der Waals surface area (Å²) in [6.45, 7) is 7.68. The number of likely N-dealkylation sites (tertiary alicyclic amines) is 1. The van der Waals surface area contributed by atoms with Crippen LogP contribution in [0.5, 0.6) is 5.75 Å². The minimum atomic E-state index is -1.03. The van der Waals surface area contributed by atoms with Crippen LogP contribution in [-0.2, 0) is 24.2 Å². The second-order valence-electron chi connectivity index (χ2n) is 9.83. The number of nitrogens with zero attached hydrogens (tertiary/aromatic N) is 3. The van der Waals surface area contributed by atoms with Gasteiger partial charge in [0.15, 0.2) is 5.60 Å². The summed E-state index contributed by atoms with van der Waals surface area (Å²) in [6, 6.07) is 14.3. The van der Waals surface area contributed by atoms with E-state index in [4.69, 9.17) is 9.72 Å². The van der Waals surface area contributed by atoms with Crippen LogP contribution in [0.3, 0.4) is 0 Å². The number of hydrogen-bond acceptors (Lipinski definition) is 4. The first kappa shape index (κ1) is 22.0. The number of aromatic nitrogens is 2. The van der Waals surface area contributed by atoms with E-state index in [9.17, 15) is 4.79 Å². The zero-order valence-corrected chi connectivity index (χ0v) is 19.8. The van der Waals surface area contributed by atoms with Gasteiger partial charge >= 0.3 is 0 Å². The first-order chi connectivity index (χ1) is 16.0. The third kappa shape index (κ3) is 4.76. The highest BCUT2D eigenvalue weighted by Gasteiger charge is 2.32. The number of ether oxygens (including phenoxy) is 1. The second kappa shape index (κ2) is 9.18. The van der Waals surface area contributed by atoms with E-state index in [0.717, 1.165) is 55.8 Å². The van der Waals surface area contributed by atoms with Gasteiger partial charge in [-0.05, 0) is 94.4 Å². The summed E-state index contributed by atoms with van der Waals surface area (Å²) in [7, 11) is 0. The maximum Gasteiger partial charge on any atom is 0.270 e. The zero-order valence-electron chi connectivity index (χ0n) is 19.8. The number of imidazole rings is 1. The first-order valence-corrected chi connectivity index (χ1v) is 12.3. The number of nitrogens with one attached hydrogen (secondary N) is 1. The van der Waals surface area contributed by atoms with Crippen molar-refractivity contribution in [2.24, 2.45) is 0 Å². The number of aryl methyl sites for hydroxylation is 2. The summed E-state index contributed by atoms with van der Waals surface area (Å²) in [6.07, 6.45) is 7.26. The molecule has 2 aliphatic rings. The average molecular weight is 447 g/mol. The van der Waals surface area contributed by atoms with Gasteiger partial charge in [0, 0.05) is 13.1 Å². The van der Waals surface area contributed by atoms with E-state index in [0.29, 0.717) is 5.95 Å². The predicted octanol–water partition coefficient (Wildman–Crippen LogP) is 4.81. The first-order valence-electron chi connectivity index (χ1n) is 12.3. The molecule has 174 valence electrons. The Morgan fingerprint density at radius 2 is 1.79 bits per heavy atom. The van der Waals surface area contributed by atoms with Gasteiger partial charge in [0.2, 0.25) is 5.95 Å². The molecule has 33 heavy (non-hydrogen) atoms. The van der Waals surface area contributed by atoms with E-state index < -0.39 is 5.60 Å². The third-order valence-electron chi connectivity index (χ3n) is 6.96. The molecular weight excluding hydrogens is 412 g/mol. The van der Waals surface area contributed by atoms with Crippen LogP contribution in [0.4, 0.5) is 5.95 Å². The summed E-state index contributed by atoms with van der Waals surface area (Å²) < 4.78 is 8.31. The van der Waals surface area contributed by atoms with Gasteiger partial charge in [-0.1, -0.05) is 24.6 Å². The van der Waals surface area contributed by atoms with Crippen molar-refractivity contribution in [2.75, 3.05) is 25.0 Å². The van der Waals surface area contributed by atoms with Crippen molar-refractivity contribution in [3.8, 4) is 5.75 Å². The number of hydrogen-bond donors (Lipinski definition) is 1. The van der Waals surface area contributed by atoms with E-state index >= 15 is 0 Å². The quantitative estimate of drug-likeness (QED) is 0.566. The predicted molar refractivity (Wildman–Crippen MR) is 132 cm³/mol. The minimum Gasteiger partial charge on any atom is -0.478 e. The van der Waals surface area contributed by atoms with Gasteiger partial charge in [-0.2, -0.15) is 0 Å². The molecule has 6 nitrogen and oxygen atoms in total. The SMILES string of the molecule is CC(C)(Oc1ccc2c(c1)CCC2)C(=O)Nc1nc2ccccc2n1CCN1CCCCC1. The topological polar surface area (TPSA) is 59.4 Å². The molecule has 1 amide bonds. The molecule has 0 atom stereocenters. The molecule has 0 saturated carbocycles. The fraction of sp³-hybridized carbons (Fsp3) is 0.481. The van der Waals surface area contributed by atoms with Crippen LogP contribution in [0.25, 0.3) is 11.0 Å². The highest BCUT2D eigenvalue weighted by molar-refractivity contribution is 5.97. The molecule has 0 spiro atoms. The van der Waals surface area contributed by atoms with Gasteiger partial charge in [0.1, 0.15) is 5.75 Å². The average Bonchev–Trinajstić information content (AvgIpc) is 3.42. The number of benzene rings is 2. The Hall–Kier alpha value is -2.86. The largest absolute Gasteiger partial charge is 0.478 e. The summed E-state index contributed by atoms with van der Waals surface area (Å²) in [5.74, 6) is 1.13. The van der Waals surface area contributed by atoms with Crippen LogP contribution >= 0.6 is 0 Å². The maximum absolute atomic E-state index is 13.3. The van der Waals surface area contributed by atoms with E-state index in [-0.39, 0.29) is 5.91 Å². The highest BCUT2D eigenvalue weighted by atomic mass is 16.5. The van der Waals surface area contributed by atoms with Crippen molar-refractivity contribution >= 4 is 22.9 Å². The lowest BCUT2D eigenvalue weighted by atomic mass is 10.1. The Morgan fingerprint density at radius 1 is 1.00 bits per heavy atom. The Kier molecular flexibility index (Phi) is 6.11. The molecule has 3 aromatic rings. The van der Waals surface area contributed by atoms with Crippen LogP contribution in [0.15, 0.2) is 42.5 Å². The molecule has 0 bridgehead atoms. The minimum absolute atomic E-state index is 0.197. The van der Waals surface area contributed by atoms with Gasteiger partial charge < -0.3 is 14.2 Å². The monoisotopic (exact) mass is 446 g/mol. The molecule has 0 unspecified atom stereocenters. The summed E-state index contributed by atoms with van der Waals surface area (Å²) >= 11 is 0. The van der Waals surface area contributed by atoms with Gasteiger partial charge in [-0.25, -0.2) is 4.98 Å². The number of carbonyl (C=O) groups is 1. The molecule has 1 fully saturated rings. The Morgan fingerprint density at radius 3 is 2.64 bits per heavy atom. The van der Waals surface area contributed by atoms with Crippen molar-refractivity contribution in [3.05, 3.63) is 53.6 Å². The molecule has 5 rings (SSSR count). The van der Waals surface area contributed by atoms with Crippen molar-refractivity contribution in [2.45, 2.75) is 64.5 Å². The standard InChI is InChI=1S/C27H34N4O2/c1-27(2,33-22-14-13-20-9-8-10-21(20)19-22)25(32)29-26-28-23-11-4-5-12-24(23)31(26)18-17-30-15-6-3-7-16-30/h4-5,11-14,19H,3,6-10,15-18H2,1-2H3,(H,28,29,32). The Labute approximate surface area is 195 Å². The van der Waals surface area contributed by atoms with E-state index in [1.807, 2.05) is 38.1 Å². The highest BCUT2D eigenvalue weighted by Crippen LogP contribution is 2.29. The van der Waals surface area contributed by atoms with Crippen molar-refractivity contribution in [3.63, 3.8) is 0 Å². The number of para-hydroxylation sites is 2. The Balaban J connectivity index is 1.33. The van der Waals surface area contributed by atoms with Gasteiger partial charge in [0.05, 0.1) is 11.0 Å². The Bertz CT molecular complexity index is 1140. The molecule has 0 radical (unpaired) electrons.